The number of hydrogen-bond donors (Lipinski definition) is 2. The van der Waals surface area contributed by atoms with E-state index in [2.05, 4.69) is 15.5 Å². The minimum absolute atomic E-state index is 0.406. The average molecular weight is 278 g/mol. The molecule has 1 aromatic rings. The molecule has 1 aromatic carbocycles. The molecule has 1 heterocycles. The van der Waals surface area contributed by atoms with Crippen LogP contribution >= 0.6 is 0 Å². The van der Waals surface area contributed by atoms with E-state index in [9.17, 15) is 4.79 Å². The van der Waals surface area contributed by atoms with Gasteiger partial charge >= 0.3 is 0 Å². The molecule has 0 aliphatic carbocycles. The number of hydrogen-bond acceptors (Lipinski definition) is 5. The van der Waals surface area contributed by atoms with Crippen LogP contribution in [0.2, 0.25) is 0 Å². The molecular weight excluding hydrogens is 256 g/mol. The lowest BCUT2D eigenvalue weighted by atomic mass is 10.1. The molecule has 5 heteroatoms. The molecule has 0 bridgehead atoms. The quantitative estimate of drug-likeness (QED) is 0.425. The first-order chi connectivity index (χ1) is 9.88. The summed E-state index contributed by atoms with van der Waals surface area (Å²) < 4.78 is 4.68. The predicted molar refractivity (Wildman–Crippen MR) is 76.0 cm³/mol. The first-order valence-corrected chi connectivity index (χ1v) is 7.09. The predicted octanol–water partition coefficient (Wildman–Crippen LogP) is 1.18. The highest BCUT2D eigenvalue weighted by molar-refractivity contribution is 5.37. The van der Waals surface area contributed by atoms with E-state index in [0.29, 0.717) is 25.7 Å². The molecule has 2 N–H and O–H groups in total. The molecule has 110 valence electrons. The fourth-order valence-electron chi connectivity index (χ4n) is 2.22. The van der Waals surface area contributed by atoms with Gasteiger partial charge in [-0.15, -0.1) is 0 Å². The largest absolute Gasteiger partial charge is 0.468 e. The molecule has 20 heavy (non-hydrogen) atoms. The van der Waals surface area contributed by atoms with Crippen molar-refractivity contribution in [3.8, 4) is 0 Å². The van der Waals surface area contributed by atoms with Crippen LogP contribution in [0.15, 0.2) is 24.3 Å². The zero-order valence-electron chi connectivity index (χ0n) is 11.6. The average Bonchev–Trinajstić information content (AvgIpc) is 2.50. The number of nitrogens with one attached hydrogen (secondary N) is 2. The number of carbonyl (C=O) groups is 1. The van der Waals surface area contributed by atoms with Crippen LogP contribution in [0.4, 0.5) is 0 Å². The van der Waals surface area contributed by atoms with Crippen molar-refractivity contribution >= 4 is 6.47 Å². The summed E-state index contributed by atoms with van der Waals surface area (Å²) in [6, 6.07) is 8.56. The zero-order chi connectivity index (χ0) is 14.0. The Labute approximate surface area is 119 Å². The summed E-state index contributed by atoms with van der Waals surface area (Å²) in [5.74, 6) is 0. The van der Waals surface area contributed by atoms with Crippen molar-refractivity contribution in [2.24, 2.45) is 0 Å². The second kappa shape index (κ2) is 8.68. The molecule has 1 atom stereocenters. The Bertz CT molecular complexity index is 389. The second-order valence-electron chi connectivity index (χ2n) is 4.98. The minimum atomic E-state index is 0.406. The van der Waals surface area contributed by atoms with Crippen molar-refractivity contribution in [1.29, 1.82) is 0 Å². The Balaban J connectivity index is 1.66. The van der Waals surface area contributed by atoms with Crippen molar-refractivity contribution in [3.63, 3.8) is 0 Å². The highest BCUT2D eigenvalue weighted by atomic mass is 16.6. The second-order valence-corrected chi connectivity index (χ2v) is 4.98. The molecule has 1 unspecified atom stereocenters. The monoisotopic (exact) mass is 278 g/mol. The van der Waals surface area contributed by atoms with Gasteiger partial charge in [-0.3, -0.25) is 9.63 Å². The SMILES string of the molecule is O=COCCc1ccc(CONC2CCCNC2)cc1. The molecule has 1 aliphatic rings. The Kier molecular flexibility index (Phi) is 6.50. The van der Waals surface area contributed by atoms with Gasteiger partial charge in [0.1, 0.15) is 0 Å². The molecular formula is C15H22N2O3. The molecule has 0 spiro atoms. The van der Waals surface area contributed by atoms with E-state index >= 15 is 0 Å². The van der Waals surface area contributed by atoms with Gasteiger partial charge in [-0.05, 0) is 30.5 Å². The third-order valence-corrected chi connectivity index (χ3v) is 3.39. The number of carbonyl (C=O) groups excluding carboxylic acids is 1. The summed E-state index contributed by atoms with van der Waals surface area (Å²) in [4.78, 5) is 15.6. The highest BCUT2D eigenvalue weighted by Gasteiger charge is 2.11. The Morgan fingerprint density at radius 2 is 2.10 bits per heavy atom. The lowest BCUT2D eigenvalue weighted by molar-refractivity contribution is -0.128. The van der Waals surface area contributed by atoms with Crippen LogP contribution in [0.5, 0.6) is 0 Å². The third kappa shape index (κ3) is 5.28. The zero-order valence-corrected chi connectivity index (χ0v) is 11.6. The van der Waals surface area contributed by atoms with Gasteiger partial charge in [-0.2, -0.15) is 5.48 Å². The van der Waals surface area contributed by atoms with Gasteiger partial charge in [0.25, 0.3) is 6.47 Å². The normalized spacial score (nSPS) is 18.7. The smallest absolute Gasteiger partial charge is 0.293 e. The molecule has 1 fully saturated rings. The summed E-state index contributed by atoms with van der Waals surface area (Å²) >= 11 is 0. The van der Waals surface area contributed by atoms with Crippen molar-refractivity contribution in [3.05, 3.63) is 35.4 Å². The van der Waals surface area contributed by atoms with Crippen LogP contribution in [-0.4, -0.2) is 32.2 Å². The van der Waals surface area contributed by atoms with Crippen LogP contribution < -0.4 is 10.8 Å². The van der Waals surface area contributed by atoms with Gasteiger partial charge < -0.3 is 10.1 Å². The number of piperidine rings is 1. The number of hydroxylamine groups is 1. The van der Waals surface area contributed by atoms with Crippen LogP contribution in [0.25, 0.3) is 0 Å². The van der Waals surface area contributed by atoms with Gasteiger partial charge in [0.2, 0.25) is 0 Å². The van der Waals surface area contributed by atoms with Crippen molar-refractivity contribution in [1.82, 2.24) is 10.8 Å². The highest BCUT2D eigenvalue weighted by Crippen LogP contribution is 2.07. The van der Waals surface area contributed by atoms with Crippen LogP contribution in [0.3, 0.4) is 0 Å². The lowest BCUT2D eigenvalue weighted by Crippen LogP contribution is -2.42. The number of rotatable bonds is 8. The molecule has 5 nitrogen and oxygen atoms in total. The van der Waals surface area contributed by atoms with Gasteiger partial charge in [-0.1, -0.05) is 24.3 Å². The summed E-state index contributed by atoms with van der Waals surface area (Å²) in [5, 5.41) is 3.34. The van der Waals surface area contributed by atoms with Crippen molar-refractivity contribution < 1.29 is 14.4 Å². The maximum absolute atomic E-state index is 10.0. The first kappa shape index (κ1) is 15.0. The van der Waals surface area contributed by atoms with Crippen LogP contribution in [0, 0.1) is 0 Å². The number of ether oxygens (including phenoxy) is 1. The molecule has 0 aromatic heterocycles. The van der Waals surface area contributed by atoms with E-state index < -0.39 is 0 Å². The third-order valence-electron chi connectivity index (χ3n) is 3.39. The molecule has 1 aliphatic heterocycles. The van der Waals surface area contributed by atoms with E-state index in [1.54, 1.807) is 0 Å². The molecule has 2 rings (SSSR count). The minimum Gasteiger partial charge on any atom is -0.468 e. The van der Waals surface area contributed by atoms with E-state index in [1.165, 1.54) is 6.42 Å². The molecule has 0 saturated carbocycles. The standard InChI is InChI=1S/C15H22N2O3/c18-12-19-9-7-13-3-5-14(6-4-13)11-20-17-15-2-1-8-16-10-15/h3-6,12,15-17H,1-2,7-11H2. The molecule has 0 amide bonds. The Morgan fingerprint density at radius 1 is 1.30 bits per heavy atom. The maximum Gasteiger partial charge on any atom is 0.293 e. The van der Waals surface area contributed by atoms with Crippen LogP contribution in [0.1, 0.15) is 24.0 Å². The fourth-order valence-corrected chi connectivity index (χ4v) is 2.22. The van der Waals surface area contributed by atoms with Gasteiger partial charge in [0.15, 0.2) is 0 Å². The first-order valence-electron chi connectivity index (χ1n) is 7.09. The summed E-state index contributed by atoms with van der Waals surface area (Å²) in [5.41, 5.74) is 5.38. The molecule has 1 saturated heterocycles. The summed E-state index contributed by atoms with van der Waals surface area (Å²) in [6.07, 6.45) is 3.09. The summed E-state index contributed by atoms with van der Waals surface area (Å²) in [7, 11) is 0. The van der Waals surface area contributed by atoms with Gasteiger partial charge in [0, 0.05) is 19.0 Å². The van der Waals surface area contributed by atoms with E-state index in [1.807, 2.05) is 24.3 Å². The lowest BCUT2D eigenvalue weighted by Gasteiger charge is -2.23. The number of benzene rings is 1. The van der Waals surface area contributed by atoms with Crippen LogP contribution in [-0.2, 0) is 27.4 Å². The van der Waals surface area contributed by atoms with Gasteiger partial charge in [-0.25, -0.2) is 0 Å². The van der Waals surface area contributed by atoms with Gasteiger partial charge in [0.05, 0.1) is 13.2 Å². The molecule has 0 radical (unpaired) electrons. The van der Waals surface area contributed by atoms with E-state index in [4.69, 9.17) is 4.84 Å². The van der Waals surface area contributed by atoms with E-state index in [-0.39, 0.29) is 0 Å². The Hall–Kier alpha value is -1.43. The topological polar surface area (TPSA) is 59.6 Å². The van der Waals surface area contributed by atoms with Crippen molar-refractivity contribution in [2.45, 2.75) is 31.9 Å². The maximum atomic E-state index is 10.0. The van der Waals surface area contributed by atoms with E-state index in [0.717, 1.165) is 37.1 Å². The summed E-state index contributed by atoms with van der Waals surface area (Å²) in [6.45, 7) is 3.54. The fraction of sp³-hybridized carbons (Fsp3) is 0.533. The Morgan fingerprint density at radius 3 is 2.80 bits per heavy atom. The van der Waals surface area contributed by atoms with Crippen molar-refractivity contribution in [2.75, 3.05) is 19.7 Å².